The number of ether oxygens (including phenoxy) is 2. The number of nitrogens with zero attached hydrogens (tertiary/aromatic N) is 2. The van der Waals surface area contributed by atoms with Crippen LogP contribution in [-0.2, 0) is 9.53 Å². The molecule has 0 spiro atoms. The van der Waals surface area contributed by atoms with E-state index in [4.69, 9.17) is 9.47 Å². The first-order valence-corrected chi connectivity index (χ1v) is 7.13. The third-order valence-electron chi connectivity index (χ3n) is 1.74. The number of esters is 1. The third kappa shape index (κ3) is 7.60. The average molecular weight is 363 g/mol. The molecule has 0 amide bonds. The van der Waals surface area contributed by atoms with E-state index in [1.54, 1.807) is 20.8 Å². The molecule has 1 rings (SSSR count). The normalized spacial score (nSPS) is 10.2. The predicted octanol–water partition coefficient (Wildman–Crippen LogP) is 3.50. The van der Waals surface area contributed by atoms with Crippen LogP contribution in [-0.4, -0.2) is 28.1 Å². The van der Waals surface area contributed by atoms with Crippen molar-refractivity contribution < 1.29 is 19.2 Å². The molecular weight excluding hydrogens is 344 g/mol. The molecule has 0 N–H and O–H groups in total. The molecule has 21 heavy (non-hydrogen) atoms. The Morgan fingerprint density at radius 3 is 2.48 bits per heavy atom. The summed E-state index contributed by atoms with van der Waals surface area (Å²) in [6, 6.07) is 1.25. The zero-order valence-electron chi connectivity index (χ0n) is 12.7. The van der Waals surface area contributed by atoms with Crippen molar-refractivity contribution >= 4 is 27.6 Å². The fourth-order valence-corrected chi connectivity index (χ4v) is 1.48. The number of halogens is 1. The van der Waals surface area contributed by atoms with Crippen LogP contribution in [0.3, 0.4) is 0 Å². The lowest BCUT2D eigenvalue weighted by molar-refractivity contribution is -0.386. The monoisotopic (exact) mass is 362 g/mol. The predicted molar refractivity (Wildman–Crippen MR) is 81.3 cm³/mol. The molecule has 7 nitrogen and oxygen atoms in total. The van der Waals surface area contributed by atoms with Crippen LogP contribution in [0.25, 0.3) is 0 Å². The second-order valence-electron chi connectivity index (χ2n) is 4.61. The van der Waals surface area contributed by atoms with E-state index in [1.165, 1.54) is 12.3 Å². The molecule has 118 valence electrons. The van der Waals surface area contributed by atoms with E-state index in [0.29, 0.717) is 4.47 Å². The van der Waals surface area contributed by atoms with E-state index >= 15 is 0 Å². The molecule has 0 aliphatic heterocycles. The Kier molecular flexibility index (Phi) is 7.86. The quantitative estimate of drug-likeness (QED) is 0.462. The van der Waals surface area contributed by atoms with Crippen molar-refractivity contribution in [3.05, 3.63) is 26.9 Å². The summed E-state index contributed by atoms with van der Waals surface area (Å²) >= 11 is 3.07. The van der Waals surface area contributed by atoms with Gasteiger partial charge < -0.3 is 9.47 Å². The van der Waals surface area contributed by atoms with Crippen LogP contribution < -0.4 is 4.74 Å². The minimum Gasteiger partial charge on any atom is -0.461 e. The van der Waals surface area contributed by atoms with Crippen molar-refractivity contribution in [3.8, 4) is 5.88 Å². The van der Waals surface area contributed by atoms with Crippen molar-refractivity contribution in [1.82, 2.24) is 4.98 Å². The van der Waals surface area contributed by atoms with Crippen molar-refractivity contribution in [2.75, 3.05) is 6.61 Å². The molecule has 1 aromatic rings. The summed E-state index contributed by atoms with van der Waals surface area (Å²) in [7, 11) is 0. The van der Waals surface area contributed by atoms with Crippen LogP contribution >= 0.6 is 15.9 Å². The Morgan fingerprint density at radius 2 is 2.00 bits per heavy atom. The summed E-state index contributed by atoms with van der Waals surface area (Å²) in [5, 5.41) is 10.8. The first kappa shape index (κ1) is 19.3. The van der Waals surface area contributed by atoms with E-state index in [2.05, 4.69) is 20.9 Å². The van der Waals surface area contributed by atoms with Crippen molar-refractivity contribution in [2.24, 2.45) is 0 Å². The van der Waals surface area contributed by atoms with Gasteiger partial charge in [-0.25, -0.2) is 9.78 Å². The molecule has 0 aliphatic rings. The van der Waals surface area contributed by atoms with E-state index in [0.717, 1.165) is 0 Å². The van der Waals surface area contributed by atoms with Gasteiger partial charge in [0.15, 0.2) is 6.61 Å². The number of nitro groups is 1. The van der Waals surface area contributed by atoms with Gasteiger partial charge in [-0.2, -0.15) is 0 Å². The molecule has 0 aliphatic carbocycles. The molecule has 0 unspecified atom stereocenters. The van der Waals surface area contributed by atoms with E-state index in [-0.39, 0.29) is 11.6 Å². The van der Waals surface area contributed by atoms with Crippen molar-refractivity contribution in [2.45, 2.75) is 40.2 Å². The topological polar surface area (TPSA) is 91.6 Å². The smallest absolute Gasteiger partial charge is 0.344 e. The molecule has 0 bridgehead atoms. The number of carbonyl (C=O) groups excluding carboxylic acids is 1. The highest BCUT2D eigenvalue weighted by molar-refractivity contribution is 9.10. The van der Waals surface area contributed by atoms with Gasteiger partial charge >= 0.3 is 11.7 Å². The first-order chi connectivity index (χ1) is 9.69. The Labute approximate surface area is 131 Å². The lowest BCUT2D eigenvalue weighted by Gasteiger charge is -2.19. The Hall–Kier alpha value is -1.70. The second-order valence-corrected chi connectivity index (χ2v) is 5.53. The Morgan fingerprint density at radius 1 is 1.43 bits per heavy atom. The van der Waals surface area contributed by atoms with E-state index in [1.807, 2.05) is 13.8 Å². The molecule has 0 saturated heterocycles. The van der Waals surface area contributed by atoms with Gasteiger partial charge in [0.05, 0.1) is 4.92 Å². The molecule has 0 atom stereocenters. The summed E-state index contributed by atoms with van der Waals surface area (Å²) in [6.07, 6.45) is 1.34. The number of hydrogen-bond acceptors (Lipinski definition) is 6. The largest absolute Gasteiger partial charge is 0.461 e. The fraction of sp³-hybridized carbons (Fsp3) is 0.538. The molecule has 1 aromatic heterocycles. The molecular formula is C13H19BrN2O5. The lowest BCUT2D eigenvalue weighted by Crippen LogP contribution is -2.27. The van der Waals surface area contributed by atoms with E-state index < -0.39 is 23.1 Å². The van der Waals surface area contributed by atoms with Crippen molar-refractivity contribution in [1.29, 1.82) is 0 Å². The van der Waals surface area contributed by atoms with E-state index in [9.17, 15) is 14.9 Å². The standard InChI is InChI=1S/C11H13BrN2O5.C2H6/c1-11(2,3)19-9(15)6-18-10-8(14(16)17)4-7(12)5-13-10;1-2/h4-5H,6H2,1-3H3;1-2H3. The van der Waals surface area contributed by atoms with Crippen LogP contribution in [0, 0.1) is 10.1 Å². The number of hydrogen-bond donors (Lipinski definition) is 0. The van der Waals surface area contributed by atoms with Gasteiger partial charge in [-0.3, -0.25) is 10.1 Å². The maximum atomic E-state index is 11.4. The average Bonchev–Trinajstić information content (AvgIpc) is 2.37. The highest BCUT2D eigenvalue weighted by atomic mass is 79.9. The van der Waals surface area contributed by atoms with Crippen LogP contribution in [0.5, 0.6) is 5.88 Å². The van der Waals surface area contributed by atoms with Crippen LogP contribution in [0.15, 0.2) is 16.7 Å². The highest BCUT2D eigenvalue weighted by Gasteiger charge is 2.21. The zero-order chi connectivity index (χ0) is 16.6. The van der Waals surface area contributed by atoms with Gasteiger partial charge in [0, 0.05) is 16.7 Å². The second kappa shape index (κ2) is 8.56. The number of pyridine rings is 1. The van der Waals surface area contributed by atoms with Gasteiger partial charge in [0.25, 0.3) is 5.88 Å². The third-order valence-corrected chi connectivity index (χ3v) is 2.18. The fourth-order valence-electron chi connectivity index (χ4n) is 1.16. The molecule has 8 heteroatoms. The lowest BCUT2D eigenvalue weighted by atomic mass is 10.2. The van der Waals surface area contributed by atoms with Gasteiger partial charge in [0.1, 0.15) is 5.60 Å². The van der Waals surface area contributed by atoms with Gasteiger partial charge in [-0.1, -0.05) is 13.8 Å². The molecule has 0 fully saturated rings. The summed E-state index contributed by atoms with van der Waals surface area (Å²) in [4.78, 5) is 25.3. The van der Waals surface area contributed by atoms with Gasteiger partial charge in [-0.15, -0.1) is 0 Å². The summed E-state index contributed by atoms with van der Waals surface area (Å²) in [6.45, 7) is 8.70. The van der Waals surface area contributed by atoms with Crippen molar-refractivity contribution in [3.63, 3.8) is 0 Å². The Bertz CT molecular complexity index is 500. The van der Waals surface area contributed by atoms with Crippen LogP contribution in [0.4, 0.5) is 5.69 Å². The maximum absolute atomic E-state index is 11.4. The van der Waals surface area contributed by atoms with Gasteiger partial charge in [-0.05, 0) is 36.7 Å². The van der Waals surface area contributed by atoms with Crippen LogP contribution in [0.2, 0.25) is 0 Å². The molecule has 0 saturated carbocycles. The summed E-state index contributed by atoms with van der Waals surface area (Å²) < 4.78 is 10.5. The van der Waals surface area contributed by atoms with Crippen LogP contribution in [0.1, 0.15) is 34.6 Å². The highest BCUT2D eigenvalue weighted by Crippen LogP contribution is 2.27. The molecule has 1 heterocycles. The zero-order valence-corrected chi connectivity index (χ0v) is 14.3. The summed E-state index contributed by atoms with van der Waals surface area (Å²) in [5.74, 6) is -0.842. The van der Waals surface area contributed by atoms with Gasteiger partial charge in [0.2, 0.25) is 0 Å². The number of carbonyl (C=O) groups is 1. The molecule has 0 radical (unpaired) electrons. The first-order valence-electron chi connectivity index (χ1n) is 6.33. The maximum Gasteiger partial charge on any atom is 0.344 e. The number of rotatable bonds is 4. The Balaban J connectivity index is 0.00000191. The minimum atomic E-state index is -0.639. The number of aromatic nitrogens is 1. The summed E-state index contributed by atoms with van der Waals surface area (Å²) in [5.41, 5.74) is -0.961. The SMILES string of the molecule is CC.CC(C)(C)OC(=O)COc1ncc(Br)cc1[N+](=O)[O-]. The molecule has 0 aromatic carbocycles. The minimum absolute atomic E-state index is 0.223.